The van der Waals surface area contributed by atoms with Crippen LogP contribution < -0.4 is 0 Å². The first-order valence-electron chi connectivity index (χ1n) is 15.3. The van der Waals surface area contributed by atoms with E-state index in [0.29, 0.717) is 0 Å². The number of benzene rings is 1. The SMILES string of the molecule is CC(C)CCCCCCCCCCN(CCCCCCCCCCC(C)C)Cc1ccccc1. The van der Waals surface area contributed by atoms with Crippen LogP contribution in [0.1, 0.15) is 149 Å². The first kappa shape index (κ1) is 31.2. The van der Waals surface area contributed by atoms with Gasteiger partial charge in [-0.25, -0.2) is 0 Å². The maximum atomic E-state index is 2.73. The summed E-state index contributed by atoms with van der Waals surface area (Å²) >= 11 is 0. The summed E-state index contributed by atoms with van der Waals surface area (Å²) in [6.07, 6.45) is 25.7. The van der Waals surface area contributed by atoms with E-state index in [1.165, 1.54) is 134 Å². The van der Waals surface area contributed by atoms with Crippen molar-refractivity contribution in [1.82, 2.24) is 4.90 Å². The number of hydrogen-bond acceptors (Lipinski definition) is 1. The molecule has 1 rings (SSSR count). The third kappa shape index (κ3) is 20.5. The third-order valence-electron chi connectivity index (χ3n) is 7.26. The van der Waals surface area contributed by atoms with Crippen molar-refractivity contribution in [1.29, 1.82) is 0 Å². The van der Waals surface area contributed by atoms with E-state index in [4.69, 9.17) is 0 Å². The minimum atomic E-state index is 0.878. The van der Waals surface area contributed by atoms with Crippen LogP contribution in [0.5, 0.6) is 0 Å². The second-order valence-electron chi connectivity index (χ2n) is 11.8. The average molecular weight is 472 g/mol. The molecule has 0 aromatic heterocycles. The smallest absolute Gasteiger partial charge is 0.0233 e. The van der Waals surface area contributed by atoms with Gasteiger partial charge in [-0.1, -0.05) is 161 Å². The van der Waals surface area contributed by atoms with Crippen molar-refractivity contribution in [3.05, 3.63) is 35.9 Å². The van der Waals surface area contributed by atoms with E-state index in [9.17, 15) is 0 Å². The fraction of sp³-hybridized carbons (Fsp3) is 0.818. The fourth-order valence-corrected chi connectivity index (χ4v) is 5.01. The maximum absolute atomic E-state index is 2.73. The second-order valence-corrected chi connectivity index (χ2v) is 11.8. The van der Waals surface area contributed by atoms with Gasteiger partial charge in [0.2, 0.25) is 0 Å². The summed E-state index contributed by atoms with van der Waals surface area (Å²) in [6.45, 7) is 13.1. The quantitative estimate of drug-likeness (QED) is 0.135. The van der Waals surface area contributed by atoms with Gasteiger partial charge in [-0.05, 0) is 43.3 Å². The van der Waals surface area contributed by atoms with E-state index < -0.39 is 0 Å². The Balaban J connectivity index is 2.10. The van der Waals surface area contributed by atoms with Crippen molar-refractivity contribution in [2.45, 2.75) is 150 Å². The summed E-state index contributed by atoms with van der Waals surface area (Å²) in [5, 5.41) is 0. The lowest BCUT2D eigenvalue weighted by atomic mass is 10.0. The van der Waals surface area contributed by atoms with Gasteiger partial charge in [0.15, 0.2) is 0 Å². The predicted octanol–water partition coefficient (Wildman–Crippen LogP) is 10.8. The van der Waals surface area contributed by atoms with Crippen molar-refractivity contribution in [2.75, 3.05) is 13.1 Å². The average Bonchev–Trinajstić information content (AvgIpc) is 2.81. The number of hydrogen-bond donors (Lipinski definition) is 0. The molecule has 1 aromatic carbocycles. The van der Waals surface area contributed by atoms with Gasteiger partial charge in [0.25, 0.3) is 0 Å². The molecule has 1 nitrogen and oxygen atoms in total. The summed E-state index contributed by atoms with van der Waals surface area (Å²) in [4.78, 5) is 2.73. The maximum Gasteiger partial charge on any atom is 0.0233 e. The molecule has 1 aromatic rings. The first-order chi connectivity index (χ1) is 16.6. The molecule has 0 aliphatic heterocycles. The van der Waals surface area contributed by atoms with E-state index in [-0.39, 0.29) is 0 Å². The molecule has 0 atom stereocenters. The van der Waals surface area contributed by atoms with Crippen LogP contribution in [-0.2, 0) is 6.54 Å². The van der Waals surface area contributed by atoms with E-state index in [0.717, 1.165) is 18.4 Å². The Kier molecular flexibility index (Phi) is 20.8. The van der Waals surface area contributed by atoms with Crippen LogP contribution in [0.4, 0.5) is 0 Å². The molecular formula is C33H61N. The zero-order valence-electron chi connectivity index (χ0n) is 23.8. The molecule has 0 bridgehead atoms. The molecule has 0 saturated carbocycles. The largest absolute Gasteiger partial charge is 0.299 e. The van der Waals surface area contributed by atoms with Crippen LogP contribution in [0, 0.1) is 11.8 Å². The molecule has 0 fully saturated rings. The van der Waals surface area contributed by atoms with Gasteiger partial charge in [0.1, 0.15) is 0 Å². The van der Waals surface area contributed by atoms with E-state index in [2.05, 4.69) is 62.9 Å². The molecule has 0 saturated heterocycles. The highest BCUT2D eigenvalue weighted by Gasteiger charge is 2.06. The molecular weight excluding hydrogens is 410 g/mol. The molecule has 0 radical (unpaired) electrons. The summed E-state index contributed by atoms with van der Waals surface area (Å²) < 4.78 is 0. The standard InChI is InChI=1S/C33H61N/c1-31(2)24-18-13-9-5-7-11-15-22-28-34(30-33-26-20-17-21-27-33)29-23-16-12-8-6-10-14-19-25-32(3)4/h17,20-21,26-27,31-32H,5-16,18-19,22-25,28-30H2,1-4H3. The Bertz CT molecular complexity index is 493. The Morgan fingerprint density at radius 3 is 1.21 bits per heavy atom. The monoisotopic (exact) mass is 471 g/mol. The van der Waals surface area contributed by atoms with Gasteiger partial charge < -0.3 is 0 Å². The summed E-state index contributed by atoms with van der Waals surface area (Å²) in [7, 11) is 0. The van der Waals surface area contributed by atoms with Crippen molar-refractivity contribution >= 4 is 0 Å². The molecule has 0 amide bonds. The van der Waals surface area contributed by atoms with Crippen LogP contribution in [-0.4, -0.2) is 18.0 Å². The Labute approximate surface area is 215 Å². The number of nitrogens with zero attached hydrogens (tertiary/aromatic N) is 1. The summed E-state index contributed by atoms with van der Waals surface area (Å²) in [6, 6.07) is 11.1. The highest BCUT2D eigenvalue weighted by molar-refractivity contribution is 5.14. The van der Waals surface area contributed by atoms with E-state index in [1.54, 1.807) is 0 Å². The van der Waals surface area contributed by atoms with Crippen LogP contribution in [0.3, 0.4) is 0 Å². The molecule has 34 heavy (non-hydrogen) atoms. The highest BCUT2D eigenvalue weighted by atomic mass is 15.1. The Morgan fingerprint density at radius 1 is 0.471 bits per heavy atom. The molecule has 0 spiro atoms. The van der Waals surface area contributed by atoms with Crippen molar-refractivity contribution < 1.29 is 0 Å². The third-order valence-corrected chi connectivity index (χ3v) is 7.26. The van der Waals surface area contributed by atoms with Gasteiger partial charge in [0, 0.05) is 6.54 Å². The Hall–Kier alpha value is -0.820. The zero-order valence-corrected chi connectivity index (χ0v) is 23.8. The lowest BCUT2D eigenvalue weighted by Crippen LogP contribution is -2.25. The lowest BCUT2D eigenvalue weighted by molar-refractivity contribution is 0.252. The van der Waals surface area contributed by atoms with Gasteiger partial charge in [-0.3, -0.25) is 4.90 Å². The second kappa shape index (κ2) is 22.6. The molecule has 0 N–H and O–H groups in total. The van der Waals surface area contributed by atoms with Crippen LogP contribution >= 0.6 is 0 Å². The van der Waals surface area contributed by atoms with E-state index >= 15 is 0 Å². The number of unbranched alkanes of at least 4 members (excludes halogenated alkanes) is 14. The predicted molar refractivity (Wildman–Crippen MR) is 155 cm³/mol. The van der Waals surface area contributed by atoms with Gasteiger partial charge in [-0.2, -0.15) is 0 Å². The van der Waals surface area contributed by atoms with Crippen LogP contribution in [0.25, 0.3) is 0 Å². The summed E-state index contributed by atoms with van der Waals surface area (Å²) in [5.41, 5.74) is 1.48. The van der Waals surface area contributed by atoms with Gasteiger partial charge >= 0.3 is 0 Å². The van der Waals surface area contributed by atoms with Crippen molar-refractivity contribution in [3.8, 4) is 0 Å². The first-order valence-corrected chi connectivity index (χ1v) is 15.3. The molecule has 1 heteroatoms. The topological polar surface area (TPSA) is 3.24 Å². The van der Waals surface area contributed by atoms with E-state index in [1.807, 2.05) is 0 Å². The minimum absolute atomic E-state index is 0.878. The fourth-order valence-electron chi connectivity index (χ4n) is 5.01. The zero-order chi connectivity index (χ0) is 24.7. The molecule has 0 aliphatic carbocycles. The number of rotatable bonds is 24. The van der Waals surface area contributed by atoms with Gasteiger partial charge in [-0.15, -0.1) is 0 Å². The lowest BCUT2D eigenvalue weighted by Gasteiger charge is -2.22. The highest BCUT2D eigenvalue weighted by Crippen LogP contribution is 2.15. The normalized spacial score (nSPS) is 11.9. The molecule has 0 aliphatic rings. The summed E-state index contributed by atoms with van der Waals surface area (Å²) in [5.74, 6) is 1.76. The molecule has 198 valence electrons. The van der Waals surface area contributed by atoms with Crippen LogP contribution in [0.15, 0.2) is 30.3 Å². The Morgan fingerprint density at radius 2 is 0.824 bits per heavy atom. The van der Waals surface area contributed by atoms with Crippen molar-refractivity contribution in [3.63, 3.8) is 0 Å². The minimum Gasteiger partial charge on any atom is -0.299 e. The molecule has 0 unspecified atom stereocenters. The molecule has 0 heterocycles. The van der Waals surface area contributed by atoms with Crippen molar-refractivity contribution in [2.24, 2.45) is 11.8 Å². The van der Waals surface area contributed by atoms with Crippen LogP contribution in [0.2, 0.25) is 0 Å². The van der Waals surface area contributed by atoms with Gasteiger partial charge in [0.05, 0.1) is 0 Å².